The van der Waals surface area contributed by atoms with Gasteiger partial charge in [-0.05, 0) is 25.7 Å². The molecule has 0 radical (unpaired) electrons. The lowest BCUT2D eigenvalue weighted by Crippen LogP contribution is -2.34. The van der Waals surface area contributed by atoms with Gasteiger partial charge in [-0.25, -0.2) is 0 Å². The van der Waals surface area contributed by atoms with E-state index in [9.17, 15) is 4.79 Å². The van der Waals surface area contributed by atoms with Gasteiger partial charge in [-0.2, -0.15) is 0 Å². The fourth-order valence-electron chi connectivity index (χ4n) is 1.25. The predicted molar refractivity (Wildman–Crippen MR) is 70.9 cm³/mol. The lowest BCUT2D eigenvalue weighted by Gasteiger charge is -2.22. The second-order valence-electron chi connectivity index (χ2n) is 5.53. The first-order chi connectivity index (χ1) is 7.20. The van der Waals surface area contributed by atoms with E-state index < -0.39 is 0 Å². The molecule has 0 fully saturated rings. The maximum atomic E-state index is 11.4. The molecule has 1 N–H and O–H groups in total. The Labute approximate surface area is 107 Å². The molecule has 4 heteroatoms. The summed E-state index contributed by atoms with van der Waals surface area (Å²) in [6.07, 6.45) is 1.12. The van der Waals surface area contributed by atoms with Gasteiger partial charge in [0.2, 0.25) is 5.91 Å². The van der Waals surface area contributed by atoms with Crippen LogP contribution in [0.4, 0.5) is 0 Å². The van der Waals surface area contributed by atoms with Crippen molar-refractivity contribution < 1.29 is 9.53 Å². The molecule has 96 valence electrons. The van der Waals surface area contributed by atoms with Crippen LogP contribution in [-0.2, 0) is 9.53 Å². The van der Waals surface area contributed by atoms with Crippen LogP contribution in [0.3, 0.4) is 0 Å². The predicted octanol–water partition coefficient (Wildman–Crippen LogP) is 2.73. The summed E-state index contributed by atoms with van der Waals surface area (Å²) in [6, 6.07) is 0. The topological polar surface area (TPSA) is 38.3 Å². The van der Waals surface area contributed by atoms with Crippen LogP contribution < -0.4 is 5.32 Å². The summed E-state index contributed by atoms with van der Waals surface area (Å²) in [5, 5.41) is 2.85. The number of carbonyl (C=O) groups is 1. The number of amides is 1. The minimum absolute atomic E-state index is 0.0490. The molecule has 0 aliphatic heterocycles. The Morgan fingerprint density at radius 1 is 1.38 bits per heavy atom. The van der Waals surface area contributed by atoms with Crippen molar-refractivity contribution >= 4 is 21.8 Å². The van der Waals surface area contributed by atoms with Crippen LogP contribution in [0, 0.1) is 5.41 Å². The van der Waals surface area contributed by atoms with Crippen LogP contribution in [0.5, 0.6) is 0 Å². The highest BCUT2D eigenvalue weighted by molar-refractivity contribution is 9.09. The lowest BCUT2D eigenvalue weighted by molar-refractivity contribution is -0.127. The van der Waals surface area contributed by atoms with Gasteiger partial charge < -0.3 is 10.1 Å². The second kappa shape index (κ2) is 7.28. The Morgan fingerprint density at radius 3 is 2.38 bits per heavy atom. The Balaban J connectivity index is 3.67. The molecule has 0 spiro atoms. The minimum atomic E-state index is -0.0490. The summed E-state index contributed by atoms with van der Waals surface area (Å²) >= 11 is 3.57. The molecule has 0 aromatic heterocycles. The largest absolute Gasteiger partial charge is 0.369 e. The van der Waals surface area contributed by atoms with Crippen molar-refractivity contribution in [1.82, 2.24) is 5.32 Å². The van der Waals surface area contributed by atoms with E-state index in [1.165, 1.54) is 0 Å². The maximum absolute atomic E-state index is 11.4. The van der Waals surface area contributed by atoms with Crippen LogP contribution in [-0.4, -0.2) is 30.0 Å². The van der Waals surface area contributed by atoms with Crippen molar-refractivity contribution in [3.05, 3.63) is 0 Å². The molecule has 0 bridgehead atoms. The van der Waals surface area contributed by atoms with E-state index in [4.69, 9.17) is 4.74 Å². The van der Waals surface area contributed by atoms with E-state index in [1.54, 1.807) is 0 Å². The first kappa shape index (κ1) is 15.9. The number of carbonyl (C=O) groups excluding carboxylic acids is 1. The zero-order chi connectivity index (χ0) is 12.8. The number of hydrogen-bond acceptors (Lipinski definition) is 2. The highest BCUT2D eigenvalue weighted by atomic mass is 79.9. The molecule has 0 aromatic carbocycles. The number of ether oxygens (including phenoxy) is 1. The minimum Gasteiger partial charge on any atom is -0.369 e. The monoisotopic (exact) mass is 293 g/mol. The standard InChI is InChI=1S/C12H24BrNO2/c1-9(2)16-8-11(15)14-7-10(13)6-12(3,4)5/h9-10H,6-8H2,1-5H3,(H,14,15). The molecule has 0 saturated heterocycles. The van der Waals surface area contributed by atoms with Gasteiger partial charge in [0.25, 0.3) is 0 Å². The van der Waals surface area contributed by atoms with Crippen molar-refractivity contribution in [3.63, 3.8) is 0 Å². The first-order valence-electron chi connectivity index (χ1n) is 5.73. The number of hydrogen-bond donors (Lipinski definition) is 1. The molecule has 0 saturated carbocycles. The summed E-state index contributed by atoms with van der Waals surface area (Å²) in [5.41, 5.74) is 0.271. The zero-order valence-corrected chi connectivity index (χ0v) is 12.6. The zero-order valence-electron chi connectivity index (χ0n) is 11.0. The fraction of sp³-hybridized carbons (Fsp3) is 0.917. The summed E-state index contributed by atoms with van der Waals surface area (Å²) in [5.74, 6) is -0.0490. The van der Waals surface area contributed by atoms with E-state index in [0.29, 0.717) is 11.4 Å². The van der Waals surface area contributed by atoms with Gasteiger partial charge >= 0.3 is 0 Å². The van der Waals surface area contributed by atoms with Crippen molar-refractivity contribution in [3.8, 4) is 0 Å². The van der Waals surface area contributed by atoms with Gasteiger partial charge in [0.1, 0.15) is 6.61 Å². The molecule has 0 rings (SSSR count). The Hall–Kier alpha value is -0.0900. The molecule has 1 amide bonds. The van der Waals surface area contributed by atoms with Crippen LogP contribution in [0.1, 0.15) is 41.0 Å². The number of rotatable bonds is 6. The van der Waals surface area contributed by atoms with E-state index in [2.05, 4.69) is 42.0 Å². The summed E-state index contributed by atoms with van der Waals surface area (Å²) in [6.45, 7) is 11.2. The second-order valence-corrected chi connectivity index (χ2v) is 6.82. The quantitative estimate of drug-likeness (QED) is 0.765. The van der Waals surface area contributed by atoms with Gasteiger partial charge in [0.15, 0.2) is 0 Å². The van der Waals surface area contributed by atoms with E-state index in [0.717, 1.165) is 6.42 Å². The summed E-state index contributed by atoms with van der Waals surface area (Å²) < 4.78 is 5.21. The highest BCUT2D eigenvalue weighted by Gasteiger charge is 2.16. The van der Waals surface area contributed by atoms with Gasteiger partial charge in [-0.15, -0.1) is 0 Å². The average molecular weight is 294 g/mol. The maximum Gasteiger partial charge on any atom is 0.246 e. The fourth-order valence-corrected chi connectivity index (χ4v) is 2.39. The van der Waals surface area contributed by atoms with E-state index in [-0.39, 0.29) is 24.0 Å². The lowest BCUT2D eigenvalue weighted by atomic mass is 9.90. The van der Waals surface area contributed by atoms with Crippen molar-refractivity contribution in [2.75, 3.05) is 13.2 Å². The van der Waals surface area contributed by atoms with E-state index in [1.807, 2.05) is 13.8 Å². The van der Waals surface area contributed by atoms with Gasteiger partial charge in [-0.3, -0.25) is 4.79 Å². The normalized spacial score (nSPS) is 13.9. The molecular formula is C12H24BrNO2. The molecule has 1 unspecified atom stereocenters. The van der Waals surface area contributed by atoms with Gasteiger partial charge in [-0.1, -0.05) is 36.7 Å². The molecule has 3 nitrogen and oxygen atoms in total. The van der Waals surface area contributed by atoms with Crippen molar-refractivity contribution in [2.24, 2.45) is 5.41 Å². The third kappa shape index (κ3) is 10.4. The molecule has 16 heavy (non-hydrogen) atoms. The summed E-state index contributed by atoms with van der Waals surface area (Å²) in [4.78, 5) is 11.7. The molecule has 0 aliphatic rings. The Kier molecular flexibility index (Phi) is 7.24. The van der Waals surface area contributed by atoms with Gasteiger partial charge in [0, 0.05) is 11.4 Å². The Morgan fingerprint density at radius 2 is 1.94 bits per heavy atom. The first-order valence-corrected chi connectivity index (χ1v) is 6.64. The summed E-state index contributed by atoms with van der Waals surface area (Å²) in [7, 11) is 0. The third-order valence-electron chi connectivity index (χ3n) is 1.90. The van der Waals surface area contributed by atoms with Crippen LogP contribution in [0.2, 0.25) is 0 Å². The van der Waals surface area contributed by atoms with Crippen LogP contribution in [0.25, 0.3) is 0 Å². The van der Waals surface area contributed by atoms with Crippen LogP contribution in [0.15, 0.2) is 0 Å². The van der Waals surface area contributed by atoms with E-state index >= 15 is 0 Å². The van der Waals surface area contributed by atoms with Crippen LogP contribution >= 0.6 is 15.9 Å². The molecule has 0 heterocycles. The van der Waals surface area contributed by atoms with Crippen molar-refractivity contribution in [2.45, 2.75) is 52.0 Å². The molecule has 0 aromatic rings. The molecular weight excluding hydrogens is 270 g/mol. The van der Waals surface area contributed by atoms with Crippen molar-refractivity contribution in [1.29, 1.82) is 0 Å². The number of nitrogens with one attached hydrogen (secondary N) is 1. The highest BCUT2D eigenvalue weighted by Crippen LogP contribution is 2.24. The smallest absolute Gasteiger partial charge is 0.246 e. The molecule has 0 aliphatic carbocycles. The third-order valence-corrected chi connectivity index (χ3v) is 2.55. The molecule has 1 atom stereocenters. The Bertz CT molecular complexity index is 212. The average Bonchev–Trinajstić information content (AvgIpc) is 2.08. The van der Waals surface area contributed by atoms with Gasteiger partial charge in [0.05, 0.1) is 6.10 Å². The number of alkyl halides is 1. The SMILES string of the molecule is CC(C)OCC(=O)NCC(Br)CC(C)(C)C. The number of halogens is 1.